The Morgan fingerprint density at radius 1 is 0.839 bits per heavy atom. The molecule has 0 aliphatic carbocycles. The summed E-state index contributed by atoms with van der Waals surface area (Å²) in [4.78, 5) is 31.0. The molecule has 1 N–H and O–H groups in total. The number of carbonyl (C=O) groups excluding carboxylic acids is 1. The summed E-state index contributed by atoms with van der Waals surface area (Å²) in [6, 6.07) is 37.6. The zero-order chi connectivity index (χ0) is 44.2. The van der Waals surface area contributed by atoms with E-state index in [1.807, 2.05) is 84.9 Å². The average Bonchev–Trinajstić information content (AvgIpc) is 3.63. The van der Waals surface area contributed by atoms with E-state index in [2.05, 4.69) is 48.7 Å². The van der Waals surface area contributed by atoms with Crippen LogP contribution < -0.4 is 20.5 Å². The predicted molar refractivity (Wildman–Crippen MR) is 236 cm³/mol. The van der Waals surface area contributed by atoms with Crippen LogP contribution in [0.5, 0.6) is 11.5 Å². The minimum atomic E-state index is -1.81. The first-order valence-electron chi connectivity index (χ1n) is 20.4. The van der Waals surface area contributed by atoms with E-state index in [0.29, 0.717) is 17.1 Å². The number of nitrogens with one attached hydrogen (secondary N) is 1. The largest absolute Gasteiger partial charge is 0.497 e. The van der Waals surface area contributed by atoms with Crippen molar-refractivity contribution in [3.05, 3.63) is 154 Å². The van der Waals surface area contributed by atoms with Crippen LogP contribution in [0.1, 0.15) is 67.4 Å². The normalized spacial score (nSPS) is 18.1. The van der Waals surface area contributed by atoms with Gasteiger partial charge in [0.15, 0.2) is 6.23 Å². The maximum atomic E-state index is 13.9. The Morgan fingerprint density at radius 2 is 1.40 bits per heavy atom. The Kier molecular flexibility index (Phi) is 16.0. The maximum absolute atomic E-state index is 13.9. The number of hydrogen-bond donors (Lipinski definition) is 1. The molecule has 1 aliphatic heterocycles. The molecule has 1 aliphatic rings. The molecule has 0 bridgehead atoms. The molecule has 326 valence electrons. The van der Waals surface area contributed by atoms with Gasteiger partial charge in [-0.15, -0.1) is 0 Å². The second-order valence-electron chi connectivity index (χ2n) is 15.0. The molecule has 5 aromatic rings. The van der Waals surface area contributed by atoms with Gasteiger partial charge < -0.3 is 38.0 Å². The molecule has 0 saturated carbocycles. The minimum Gasteiger partial charge on any atom is -0.497 e. The van der Waals surface area contributed by atoms with Crippen LogP contribution in [-0.2, 0) is 28.9 Å². The molecule has 14 nitrogen and oxygen atoms in total. The fraction of sp³-hybridized carbons (Fsp3) is 0.362. The van der Waals surface area contributed by atoms with E-state index in [1.165, 1.54) is 23.9 Å². The van der Waals surface area contributed by atoms with Gasteiger partial charge in [-0.25, -0.2) is 9.46 Å². The third-order valence-electron chi connectivity index (χ3n) is 10.5. The molecule has 1 saturated heterocycles. The van der Waals surface area contributed by atoms with Crippen LogP contribution in [0, 0.1) is 11.3 Å². The van der Waals surface area contributed by atoms with E-state index in [1.54, 1.807) is 38.5 Å². The molecule has 0 spiro atoms. The number of benzene rings is 4. The first kappa shape index (κ1) is 46.0. The van der Waals surface area contributed by atoms with Crippen LogP contribution in [0.3, 0.4) is 0 Å². The molecule has 4 aromatic carbocycles. The van der Waals surface area contributed by atoms with E-state index in [4.69, 9.17) is 32.7 Å². The first-order chi connectivity index (χ1) is 30.0. The molecular formula is C47H54N5O9P. The number of rotatable bonds is 20. The van der Waals surface area contributed by atoms with Gasteiger partial charge in [0.1, 0.15) is 41.2 Å². The summed E-state index contributed by atoms with van der Waals surface area (Å²) in [7, 11) is 2.95. The third kappa shape index (κ3) is 10.4. The van der Waals surface area contributed by atoms with Crippen LogP contribution >= 0.6 is 8.53 Å². The summed E-state index contributed by atoms with van der Waals surface area (Å²) in [5.41, 5.74) is 0.990. The van der Waals surface area contributed by atoms with Crippen LogP contribution in [0.4, 0.5) is 5.82 Å². The first-order valence-corrected chi connectivity index (χ1v) is 21.5. The van der Waals surface area contributed by atoms with Gasteiger partial charge in [-0.1, -0.05) is 72.8 Å². The lowest BCUT2D eigenvalue weighted by atomic mass is 9.80. The molecule has 2 heterocycles. The van der Waals surface area contributed by atoms with Gasteiger partial charge >= 0.3 is 5.69 Å². The van der Waals surface area contributed by atoms with Gasteiger partial charge in [-0.05, 0) is 86.8 Å². The standard InChI is InChI=1S/C47H54N5O9P/c1-32(2)52(33(3)4)62(59-30-14-28-48)61-42-40(60-45(43(42)57-7)51-29-27-41(50-46(51)54)49-44(53)34-15-10-8-11-16-34)31-58-47(35-17-12-9-13-18-35,36-19-23-38(55-5)24-20-36)37-21-25-39(56-6)26-22-37/h8-13,15-27,29,32-33,40,42-43,45H,14,30-31H2,1-7H3,(H,49,50,53,54)/t40?,42-,43?,45?,62?/m0/s1. The Morgan fingerprint density at radius 3 is 1.92 bits per heavy atom. The van der Waals surface area contributed by atoms with Gasteiger partial charge in [0, 0.05) is 31.0 Å². The van der Waals surface area contributed by atoms with Gasteiger partial charge in [0.2, 0.25) is 0 Å². The molecule has 1 aromatic heterocycles. The SMILES string of the molecule is COc1ccc(C(OCC2OC(n3ccc(NC(=O)c4ccccc4)nc3=O)C(OC)[C@H]2OP(OCCC#N)N(C(C)C)C(C)C)(c2ccccc2)c2ccc(OC)cc2)cc1. The van der Waals surface area contributed by atoms with E-state index >= 15 is 0 Å². The van der Waals surface area contributed by atoms with Crippen LogP contribution in [-0.4, -0.2) is 85.1 Å². The smallest absolute Gasteiger partial charge is 0.351 e. The van der Waals surface area contributed by atoms with Gasteiger partial charge in [0.25, 0.3) is 14.4 Å². The molecule has 0 radical (unpaired) electrons. The summed E-state index contributed by atoms with van der Waals surface area (Å²) in [5.74, 6) is 1.02. The fourth-order valence-corrected chi connectivity index (χ4v) is 9.35. The molecular weight excluding hydrogens is 810 g/mol. The number of amides is 1. The zero-order valence-corrected chi connectivity index (χ0v) is 36.9. The maximum Gasteiger partial charge on any atom is 0.351 e. The van der Waals surface area contributed by atoms with Crippen LogP contribution in [0.15, 0.2) is 126 Å². The molecule has 15 heteroatoms. The van der Waals surface area contributed by atoms with Crippen molar-refractivity contribution >= 4 is 20.3 Å². The van der Waals surface area contributed by atoms with Crippen molar-refractivity contribution in [1.29, 1.82) is 5.26 Å². The second kappa shape index (κ2) is 21.5. The van der Waals surface area contributed by atoms with Crippen molar-refractivity contribution in [2.45, 2.75) is 76.3 Å². The lowest BCUT2D eigenvalue weighted by Crippen LogP contribution is -2.43. The summed E-state index contributed by atoms with van der Waals surface area (Å²) in [6.07, 6.45) is -1.99. The number of ether oxygens (including phenoxy) is 5. The molecule has 4 unspecified atom stereocenters. The number of aromatic nitrogens is 2. The summed E-state index contributed by atoms with van der Waals surface area (Å²) in [6.45, 7) is 8.28. The Bertz CT molecular complexity index is 2230. The molecule has 1 fully saturated rings. The predicted octanol–water partition coefficient (Wildman–Crippen LogP) is 8.10. The highest BCUT2D eigenvalue weighted by Gasteiger charge is 2.51. The highest BCUT2D eigenvalue weighted by Crippen LogP contribution is 2.51. The van der Waals surface area contributed by atoms with Crippen molar-refractivity contribution in [3.8, 4) is 17.6 Å². The number of anilines is 1. The van der Waals surface area contributed by atoms with E-state index in [0.717, 1.165) is 16.7 Å². The van der Waals surface area contributed by atoms with Gasteiger partial charge in [0.05, 0.1) is 39.9 Å². The number of hydrogen-bond acceptors (Lipinski definition) is 12. The Labute approximate surface area is 364 Å². The minimum absolute atomic E-state index is 0.00153. The van der Waals surface area contributed by atoms with Gasteiger partial charge in [-0.3, -0.25) is 9.36 Å². The lowest BCUT2D eigenvalue weighted by molar-refractivity contribution is -0.0957. The quantitative estimate of drug-likeness (QED) is 0.0457. The van der Waals surface area contributed by atoms with E-state index in [-0.39, 0.29) is 37.5 Å². The number of carbonyl (C=O) groups is 1. The van der Waals surface area contributed by atoms with Crippen LogP contribution in [0.25, 0.3) is 0 Å². The van der Waals surface area contributed by atoms with Crippen molar-refractivity contribution in [2.24, 2.45) is 0 Å². The Hall–Kier alpha value is -5.49. The summed E-state index contributed by atoms with van der Waals surface area (Å²) >= 11 is 0. The molecule has 6 rings (SSSR count). The molecule has 1 amide bonds. The van der Waals surface area contributed by atoms with E-state index in [9.17, 15) is 14.9 Å². The topological polar surface area (TPSA) is 156 Å². The number of methoxy groups -OCH3 is 3. The Balaban J connectivity index is 1.44. The monoisotopic (exact) mass is 863 g/mol. The molecule has 62 heavy (non-hydrogen) atoms. The highest BCUT2D eigenvalue weighted by molar-refractivity contribution is 7.44. The van der Waals surface area contributed by atoms with Gasteiger partial charge in [-0.2, -0.15) is 10.2 Å². The van der Waals surface area contributed by atoms with Crippen molar-refractivity contribution in [2.75, 3.05) is 39.9 Å². The lowest BCUT2D eigenvalue weighted by Gasteiger charge is -2.39. The molecule has 5 atom stereocenters. The average molecular weight is 864 g/mol. The summed E-state index contributed by atoms with van der Waals surface area (Å²) < 4.78 is 48.3. The number of nitriles is 1. The van der Waals surface area contributed by atoms with Crippen molar-refractivity contribution in [1.82, 2.24) is 14.2 Å². The fourth-order valence-electron chi connectivity index (χ4n) is 7.58. The summed E-state index contributed by atoms with van der Waals surface area (Å²) in [5, 5.41) is 12.1. The third-order valence-corrected chi connectivity index (χ3v) is 12.6. The van der Waals surface area contributed by atoms with Crippen LogP contribution in [0.2, 0.25) is 0 Å². The second-order valence-corrected chi connectivity index (χ2v) is 16.4. The van der Waals surface area contributed by atoms with Crippen molar-refractivity contribution < 1.29 is 37.5 Å². The highest BCUT2D eigenvalue weighted by atomic mass is 31.2. The zero-order valence-electron chi connectivity index (χ0n) is 36.0. The van der Waals surface area contributed by atoms with Crippen molar-refractivity contribution in [3.63, 3.8) is 0 Å². The number of nitrogens with zero attached hydrogens (tertiary/aromatic N) is 4. The van der Waals surface area contributed by atoms with E-state index < -0.39 is 50.3 Å².